The normalized spacial score (nSPS) is 20.5. The van der Waals surface area contributed by atoms with Gasteiger partial charge in [-0.3, -0.25) is 9.69 Å². The number of nitrogens with one attached hydrogen (secondary N) is 1. The van der Waals surface area contributed by atoms with E-state index in [2.05, 4.69) is 5.32 Å². The molecule has 0 spiro atoms. The highest BCUT2D eigenvalue weighted by atomic mass is 32.1. The van der Waals surface area contributed by atoms with Crippen LogP contribution in [-0.2, 0) is 10.3 Å². The van der Waals surface area contributed by atoms with Crippen LogP contribution in [0.25, 0.3) is 0 Å². The molecule has 1 heterocycles. The summed E-state index contributed by atoms with van der Waals surface area (Å²) in [5, 5.41) is 3.65. The molecule has 0 bridgehead atoms. The van der Waals surface area contributed by atoms with Crippen LogP contribution in [0.2, 0.25) is 0 Å². The Hall–Kier alpha value is -2.40. The van der Waals surface area contributed by atoms with Crippen molar-refractivity contribution in [1.29, 1.82) is 0 Å². The Morgan fingerprint density at radius 3 is 2.57 bits per heavy atom. The Kier molecular flexibility index (Phi) is 4.05. The number of benzene rings is 2. The number of methoxy groups -OCH3 is 1. The first-order chi connectivity index (χ1) is 11.1. The van der Waals surface area contributed by atoms with E-state index in [-0.39, 0.29) is 5.91 Å². The molecular weight excluding hydrogens is 308 g/mol. The summed E-state index contributed by atoms with van der Waals surface area (Å²) < 4.78 is 5.25. The molecule has 1 fully saturated rings. The SMILES string of the molecule is CCC1(c2ccccc2)NC(=S)N(c2cccc(OC)c2)C1=O. The number of rotatable bonds is 4. The van der Waals surface area contributed by atoms with Crippen LogP contribution < -0.4 is 15.0 Å². The maximum Gasteiger partial charge on any atom is 0.263 e. The minimum absolute atomic E-state index is 0.0653. The molecule has 0 saturated carbocycles. The lowest BCUT2D eigenvalue weighted by Crippen LogP contribution is -2.43. The van der Waals surface area contributed by atoms with Gasteiger partial charge in [0, 0.05) is 6.07 Å². The van der Waals surface area contributed by atoms with Crippen molar-refractivity contribution in [3.63, 3.8) is 0 Å². The van der Waals surface area contributed by atoms with Crippen LogP contribution in [-0.4, -0.2) is 18.1 Å². The molecule has 1 aliphatic heterocycles. The summed E-state index contributed by atoms with van der Waals surface area (Å²) in [7, 11) is 1.60. The van der Waals surface area contributed by atoms with Crippen LogP contribution in [0.4, 0.5) is 5.69 Å². The summed E-state index contributed by atoms with van der Waals surface area (Å²) in [6, 6.07) is 17.0. The second-order valence-electron chi connectivity index (χ2n) is 5.40. The molecule has 0 aromatic heterocycles. The van der Waals surface area contributed by atoms with Gasteiger partial charge in [0.15, 0.2) is 5.11 Å². The van der Waals surface area contributed by atoms with E-state index in [9.17, 15) is 4.79 Å². The first-order valence-electron chi connectivity index (χ1n) is 7.48. The molecule has 118 valence electrons. The average Bonchev–Trinajstić information content (AvgIpc) is 2.87. The Labute approximate surface area is 141 Å². The van der Waals surface area contributed by atoms with Crippen molar-refractivity contribution in [2.75, 3.05) is 12.0 Å². The van der Waals surface area contributed by atoms with Gasteiger partial charge in [0.25, 0.3) is 5.91 Å². The maximum absolute atomic E-state index is 13.2. The third-order valence-corrected chi connectivity index (χ3v) is 4.48. The van der Waals surface area contributed by atoms with Gasteiger partial charge in [0.1, 0.15) is 11.3 Å². The fourth-order valence-electron chi connectivity index (χ4n) is 2.92. The number of nitrogens with zero attached hydrogens (tertiary/aromatic N) is 1. The number of ether oxygens (including phenoxy) is 1. The predicted octanol–water partition coefficient (Wildman–Crippen LogP) is 3.22. The Morgan fingerprint density at radius 1 is 1.17 bits per heavy atom. The molecule has 2 aromatic rings. The fraction of sp³-hybridized carbons (Fsp3) is 0.222. The smallest absolute Gasteiger partial charge is 0.263 e. The first-order valence-corrected chi connectivity index (χ1v) is 7.89. The number of amides is 1. The molecule has 1 aliphatic rings. The van der Waals surface area contributed by atoms with Gasteiger partial charge in [-0.25, -0.2) is 0 Å². The molecule has 5 heteroatoms. The lowest BCUT2D eigenvalue weighted by molar-refractivity contribution is -0.122. The molecular formula is C18H18N2O2S. The maximum atomic E-state index is 13.2. The highest BCUT2D eigenvalue weighted by Crippen LogP contribution is 2.35. The quantitative estimate of drug-likeness (QED) is 0.876. The lowest BCUT2D eigenvalue weighted by Gasteiger charge is -2.26. The molecule has 1 N–H and O–H groups in total. The van der Waals surface area contributed by atoms with Gasteiger partial charge in [-0.15, -0.1) is 0 Å². The van der Waals surface area contributed by atoms with Gasteiger partial charge in [0.05, 0.1) is 12.8 Å². The number of carbonyl (C=O) groups excluding carboxylic acids is 1. The molecule has 1 unspecified atom stereocenters. The summed E-state index contributed by atoms with van der Waals surface area (Å²) in [6.07, 6.45) is 0.608. The number of hydrogen-bond donors (Lipinski definition) is 1. The van der Waals surface area contributed by atoms with Gasteiger partial charge < -0.3 is 10.1 Å². The van der Waals surface area contributed by atoms with Crippen molar-refractivity contribution >= 4 is 28.9 Å². The van der Waals surface area contributed by atoms with Crippen LogP contribution in [0.3, 0.4) is 0 Å². The third-order valence-electron chi connectivity index (χ3n) is 4.20. The van der Waals surface area contributed by atoms with Crippen molar-refractivity contribution < 1.29 is 9.53 Å². The molecule has 4 nitrogen and oxygen atoms in total. The monoisotopic (exact) mass is 326 g/mol. The fourth-order valence-corrected chi connectivity index (χ4v) is 3.28. The molecule has 3 rings (SSSR count). The van der Waals surface area contributed by atoms with E-state index in [4.69, 9.17) is 17.0 Å². The zero-order valence-electron chi connectivity index (χ0n) is 13.1. The van der Waals surface area contributed by atoms with E-state index in [0.717, 1.165) is 5.56 Å². The van der Waals surface area contributed by atoms with E-state index >= 15 is 0 Å². The Morgan fingerprint density at radius 2 is 1.91 bits per heavy atom. The highest BCUT2D eigenvalue weighted by molar-refractivity contribution is 7.80. The van der Waals surface area contributed by atoms with Crippen LogP contribution in [0.15, 0.2) is 54.6 Å². The Balaban J connectivity index is 2.05. The second-order valence-corrected chi connectivity index (χ2v) is 5.78. The average molecular weight is 326 g/mol. The van der Waals surface area contributed by atoms with Gasteiger partial charge in [-0.2, -0.15) is 0 Å². The van der Waals surface area contributed by atoms with E-state index in [1.807, 2.05) is 61.5 Å². The van der Waals surface area contributed by atoms with Gasteiger partial charge in [-0.1, -0.05) is 43.3 Å². The molecule has 0 radical (unpaired) electrons. The lowest BCUT2D eigenvalue weighted by atomic mass is 9.87. The number of hydrogen-bond acceptors (Lipinski definition) is 3. The molecule has 1 saturated heterocycles. The predicted molar refractivity (Wildman–Crippen MR) is 94.6 cm³/mol. The molecule has 1 amide bonds. The van der Waals surface area contributed by atoms with Crippen LogP contribution in [0.5, 0.6) is 5.75 Å². The van der Waals surface area contributed by atoms with Crippen molar-refractivity contribution in [1.82, 2.24) is 5.32 Å². The molecule has 2 aromatic carbocycles. The summed E-state index contributed by atoms with van der Waals surface area (Å²) in [4.78, 5) is 14.8. The van der Waals surface area contributed by atoms with E-state index in [0.29, 0.717) is 23.0 Å². The molecule has 0 aliphatic carbocycles. The second kappa shape index (κ2) is 6.01. The molecule has 1 atom stereocenters. The van der Waals surface area contributed by atoms with Gasteiger partial charge in [0.2, 0.25) is 0 Å². The van der Waals surface area contributed by atoms with Crippen LogP contribution in [0.1, 0.15) is 18.9 Å². The van der Waals surface area contributed by atoms with Gasteiger partial charge in [-0.05, 0) is 36.3 Å². The highest BCUT2D eigenvalue weighted by Gasteiger charge is 2.49. The minimum atomic E-state index is -0.818. The Bertz CT molecular complexity index is 748. The first kappa shape index (κ1) is 15.5. The molecule has 23 heavy (non-hydrogen) atoms. The standard InChI is InChI=1S/C18H18N2O2S/c1-3-18(13-8-5-4-6-9-13)16(21)20(17(23)19-18)14-10-7-11-15(12-14)22-2/h4-12H,3H2,1-2H3,(H,19,23). The number of anilines is 1. The minimum Gasteiger partial charge on any atom is -0.497 e. The summed E-state index contributed by atoms with van der Waals surface area (Å²) in [5.41, 5.74) is 0.805. The number of carbonyl (C=O) groups is 1. The zero-order chi connectivity index (χ0) is 16.4. The summed E-state index contributed by atoms with van der Waals surface area (Å²) in [6.45, 7) is 1.98. The largest absolute Gasteiger partial charge is 0.497 e. The van der Waals surface area contributed by atoms with E-state index in [1.54, 1.807) is 12.0 Å². The zero-order valence-corrected chi connectivity index (χ0v) is 13.9. The van der Waals surface area contributed by atoms with Crippen molar-refractivity contribution in [3.8, 4) is 5.75 Å². The van der Waals surface area contributed by atoms with Crippen molar-refractivity contribution in [3.05, 3.63) is 60.2 Å². The summed E-state index contributed by atoms with van der Waals surface area (Å²) >= 11 is 5.45. The van der Waals surface area contributed by atoms with Crippen molar-refractivity contribution in [2.24, 2.45) is 0 Å². The third kappa shape index (κ3) is 2.47. The topological polar surface area (TPSA) is 41.6 Å². The van der Waals surface area contributed by atoms with Crippen LogP contribution in [0, 0.1) is 0 Å². The number of thiocarbonyl (C=S) groups is 1. The van der Waals surface area contributed by atoms with E-state index < -0.39 is 5.54 Å². The van der Waals surface area contributed by atoms with E-state index in [1.165, 1.54) is 0 Å². The summed E-state index contributed by atoms with van der Waals surface area (Å²) in [5.74, 6) is 0.622. The van der Waals surface area contributed by atoms with Crippen molar-refractivity contribution in [2.45, 2.75) is 18.9 Å². The van der Waals surface area contributed by atoms with Crippen LogP contribution >= 0.6 is 12.2 Å². The van der Waals surface area contributed by atoms with Gasteiger partial charge >= 0.3 is 0 Å².